The van der Waals surface area contributed by atoms with Crippen molar-refractivity contribution in [2.24, 2.45) is 5.92 Å². The molecule has 1 aliphatic rings. The van der Waals surface area contributed by atoms with E-state index in [9.17, 15) is 14.7 Å². The Hall–Kier alpha value is -2.98. The number of nitrogens with zero attached hydrogens (tertiary/aromatic N) is 5. The minimum atomic E-state index is -0.492. The average molecular weight is 474 g/mol. The zero-order chi connectivity index (χ0) is 24.7. The van der Waals surface area contributed by atoms with Crippen molar-refractivity contribution in [1.82, 2.24) is 24.8 Å². The number of hydrogen-bond donors (Lipinski definition) is 1. The highest BCUT2D eigenvalue weighted by Crippen LogP contribution is 2.19. The summed E-state index contributed by atoms with van der Waals surface area (Å²) >= 11 is 0. The number of hydrogen-bond acceptors (Lipinski definition) is 7. The minimum Gasteiger partial charge on any atom is -0.410 e. The van der Waals surface area contributed by atoms with Gasteiger partial charge in [-0.25, -0.2) is 9.48 Å². The lowest BCUT2D eigenvalue weighted by molar-refractivity contribution is -0.136. The molecule has 0 bridgehead atoms. The molecule has 186 valence electrons. The first-order valence-corrected chi connectivity index (χ1v) is 11.7. The summed E-state index contributed by atoms with van der Waals surface area (Å²) in [5.41, 5.74) is 1.89. The van der Waals surface area contributed by atoms with E-state index in [2.05, 4.69) is 10.3 Å². The van der Waals surface area contributed by atoms with Gasteiger partial charge in [0.25, 0.3) is 0 Å². The van der Waals surface area contributed by atoms with Gasteiger partial charge in [-0.15, -0.1) is 5.10 Å². The van der Waals surface area contributed by atoms with Gasteiger partial charge in [-0.2, -0.15) is 0 Å². The molecule has 0 aliphatic carbocycles. The smallest absolute Gasteiger partial charge is 0.410 e. The molecule has 0 saturated heterocycles. The summed E-state index contributed by atoms with van der Waals surface area (Å²) in [7, 11) is 1.66. The molecule has 0 fully saturated rings. The van der Waals surface area contributed by atoms with Crippen LogP contribution in [0, 0.1) is 12.8 Å². The van der Waals surface area contributed by atoms with Gasteiger partial charge in [0.15, 0.2) is 0 Å². The Balaban J connectivity index is 1.76. The van der Waals surface area contributed by atoms with E-state index in [1.165, 1.54) is 4.90 Å². The number of likely N-dealkylation sites (N-methyl/N-ethyl adjacent to an activating group) is 1. The lowest BCUT2D eigenvalue weighted by Crippen LogP contribution is -2.48. The maximum absolute atomic E-state index is 12.9. The van der Waals surface area contributed by atoms with Crippen molar-refractivity contribution in [2.75, 3.05) is 26.7 Å². The standard InChI is InChI=1S/C24H35N5O5/c1-17-7-9-21(10-8-17)34-24(32)27(4)14-22-18(2)13-28(19(3)15-30)23(31)6-5-11-29-20(16-33-22)12-25-26-29/h7-10,12,18-19,22,30H,5-6,11,13-16H2,1-4H3/t18-,19-,22+/m0/s1. The van der Waals surface area contributed by atoms with Crippen molar-refractivity contribution in [3.63, 3.8) is 0 Å². The van der Waals surface area contributed by atoms with Crippen LogP contribution in [0.3, 0.4) is 0 Å². The molecule has 1 aromatic heterocycles. The van der Waals surface area contributed by atoms with E-state index >= 15 is 0 Å². The molecule has 3 atom stereocenters. The van der Waals surface area contributed by atoms with Crippen LogP contribution in [0.5, 0.6) is 5.75 Å². The molecule has 0 saturated carbocycles. The summed E-state index contributed by atoms with van der Waals surface area (Å²) in [6.45, 7) is 7.16. The van der Waals surface area contributed by atoms with Gasteiger partial charge in [0.2, 0.25) is 5.91 Å². The summed E-state index contributed by atoms with van der Waals surface area (Å²) in [6, 6.07) is 6.95. The molecule has 0 unspecified atom stereocenters. The van der Waals surface area contributed by atoms with Crippen LogP contribution in [0.2, 0.25) is 0 Å². The molecule has 1 N–H and O–H groups in total. The number of carbonyl (C=O) groups excluding carboxylic acids is 2. The molecular weight excluding hydrogens is 438 g/mol. The van der Waals surface area contributed by atoms with Crippen molar-refractivity contribution in [2.45, 2.75) is 58.9 Å². The molecule has 1 aliphatic heterocycles. The summed E-state index contributed by atoms with van der Waals surface area (Å²) < 4.78 is 13.5. The summed E-state index contributed by atoms with van der Waals surface area (Å²) in [5.74, 6) is 0.330. The van der Waals surface area contributed by atoms with E-state index in [0.717, 1.165) is 11.3 Å². The van der Waals surface area contributed by atoms with Crippen molar-refractivity contribution < 1.29 is 24.2 Å². The molecule has 2 amide bonds. The number of benzene rings is 1. The normalized spacial score (nSPS) is 20.6. The Morgan fingerprint density at radius 1 is 1.35 bits per heavy atom. The molecular formula is C24H35N5O5. The fraction of sp³-hybridized carbons (Fsp3) is 0.583. The van der Waals surface area contributed by atoms with E-state index in [1.54, 1.807) is 35.0 Å². The molecule has 3 rings (SSSR count). The van der Waals surface area contributed by atoms with E-state index in [4.69, 9.17) is 9.47 Å². The second-order valence-electron chi connectivity index (χ2n) is 9.02. The van der Waals surface area contributed by atoms with Gasteiger partial charge in [-0.05, 0) is 32.4 Å². The molecule has 0 spiro atoms. The fourth-order valence-corrected chi connectivity index (χ4v) is 3.88. The van der Waals surface area contributed by atoms with Crippen molar-refractivity contribution in [1.29, 1.82) is 0 Å². The number of carbonyl (C=O) groups is 2. The van der Waals surface area contributed by atoms with Crippen LogP contribution in [0.25, 0.3) is 0 Å². The third-order valence-electron chi connectivity index (χ3n) is 6.13. The molecule has 34 heavy (non-hydrogen) atoms. The number of aliphatic hydroxyl groups excluding tert-OH is 1. The van der Waals surface area contributed by atoms with Gasteiger partial charge < -0.3 is 24.4 Å². The zero-order valence-electron chi connectivity index (χ0n) is 20.4. The largest absolute Gasteiger partial charge is 0.415 e. The number of rotatable bonds is 5. The van der Waals surface area contributed by atoms with Crippen LogP contribution in [0.4, 0.5) is 4.79 Å². The number of fused-ring (bicyclic) bond motifs is 1. The van der Waals surface area contributed by atoms with Crippen LogP contribution in [0.1, 0.15) is 37.9 Å². The lowest BCUT2D eigenvalue weighted by Gasteiger charge is -2.35. The first-order valence-electron chi connectivity index (χ1n) is 11.7. The Kier molecular flexibility index (Phi) is 9.00. The molecule has 10 heteroatoms. The Bertz CT molecular complexity index is 947. The first-order chi connectivity index (χ1) is 16.3. The Morgan fingerprint density at radius 3 is 2.79 bits per heavy atom. The summed E-state index contributed by atoms with van der Waals surface area (Å²) in [5, 5.41) is 17.8. The van der Waals surface area contributed by atoms with Crippen LogP contribution in [0.15, 0.2) is 30.5 Å². The van der Waals surface area contributed by atoms with Crippen LogP contribution >= 0.6 is 0 Å². The van der Waals surface area contributed by atoms with Gasteiger partial charge in [-0.3, -0.25) is 4.79 Å². The number of aryl methyl sites for hydroxylation is 2. The molecule has 0 radical (unpaired) electrons. The maximum atomic E-state index is 12.9. The fourth-order valence-electron chi connectivity index (χ4n) is 3.88. The van der Waals surface area contributed by atoms with Gasteiger partial charge in [0.1, 0.15) is 5.75 Å². The highest BCUT2D eigenvalue weighted by molar-refractivity contribution is 5.76. The number of aliphatic hydroxyl groups is 1. The number of ether oxygens (including phenoxy) is 2. The van der Waals surface area contributed by atoms with Gasteiger partial charge in [0.05, 0.1) is 43.8 Å². The topological polar surface area (TPSA) is 110 Å². The van der Waals surface area contributed by atoms with E-state index < -0.39 is 6.09 Å². The third kappa shape index (κ3) is 6.77. The summed E-state index contributed by atoms with van der Waals surface area (Å²) in [4.78, 5) is 28.8. The highest BCUT2D eigenvalue weighted by Gasteiger charge is 2.29. The second kappa shape index (κ2) is 11.9. The van der Waals surface area contributed by atoms with Crippen LogP contribution < -0.4 is 4.74 Å². The lowest BCUT2D eigenvalue weighted by atomic mass is 10.0. The van der Waals surface area contributed by atoms with Gasteiger partial charge in [0, 0.05) is 32.5 Å². The maximum Gasteiger partial charge on any atom is 0.415 e. The van der Waals surface area contributed by atoms with Crippen LogP contribution in [-0.4, -0.2) is 80.8 Å². The van der Waals surface area contributed by atoms with Crippen molar-refractivity contribution >= 4 is 12.0 Å². The van der Waals surface area contributed by atoms with Crippen molar-refractivity contribution in [3.8, 4) is 5.75 Å². The molecule has 10 nitrogen and oxygen atoms in total. The molecule has 2 aromatic rings. The quantitative estimate of drug-likeness (QED) is 0.709. The van der Waals surface area contributed by atoms with Crippen molar-refractivity contribution in [3.05, 3.63) is 41.7 Å². The SMILES string of the molecule is Cc1ccc(OC(=O)N(C)C[C@H]2OCc3cnnn3CCCC(=O)N([C@@H](C)CO)C[C@@H]2C)cc1. The predicted octanol–water partition coefficient (Wildman–Crippen LogP) is 2.24. The van der Waals surface area contributed by atoms with E-state index in [0.29, 0.717) is 31.7 Å². The average Bonchev–Trinajstić information content (AvgIpc) is 3.27. The Morgan fingerprint density at radius 2 is 2.09 bits per heavy atom. The predicted molar refractivity (Wildman–Crippen MR) is 125 cm³/mol. The molecule has 1 aromatic carbocycles. The first kappa shape index (κ1) is 25.6. The third-order valence-corrected chi connectivity index (χ3v) is 6.13. The van der Waals surface area contributed by atoms with Gasteiger partial charge in [-0.1, -0.05) is 29.8 Å². The number of amides is 2. The monoisotopic (exact) mass is 473 g/mol. The van der Waals surface area contributed by atoms with E-state index in [-0.39, 0.29) is 43.7 Å². The zero-order valence-corrected chi connectivity index (χ0v) is 20.4. The molecule has 2 heterocycles. The second-order valence-corrected chi connectivity index (χ2v) is 9.02. The van der Waals surface area contributed by atoms with E-state index in [1.807, 2.05) is 32.9 Å². The minimum absolute atomic E-state index is 0.0264. The number of aromatic nitrogens is 3. The highest BCUT2D eigenvalue weighted by atomic mass is 16.6. The Labute approximate surface area is 200 Å². The van der Waals surface area contributed by atoms with Gasteiger partial charge >= 0.3 is 6.09 Å². The van der Waals surface area contributed by atoms with Crippen LogP contribution in [-0.2, 0) is 22.7 Å². The summed E-state index contributed by atoms with van der Waals surface area (Å²) in [6.07, 6.45) is 1.75.